The van der Waals surface area contributed by atoms with Crippen LogP contribution < -0.4 is 4.90 Å². The van der Waals surface area contributed by atoms with Gasteiger partial charge in [-0.1, -0.05) is 0 Å². The molecule has 0 N–H and O–H groups in total. The second kappa shape index (κ2) is 5.31. The minimum atomic E-state index is 0.708. The third-order valence-electron chi connectivity index (χ3n) is 2.87. The molecule has 82 valence electrons. The maximum atomic E-state index is 5.78. The zero-order chi connectivity index (χ0) is 10.5. The van der Waals surface area contributed by atoms with Crippen molar-refractivity contribution in [2.24, 2.45) is 5.92 Å². The van der Waals surface area contributed by atoms with Crippen LogP contribution in [0.5, 0.6) is 0 Å². The van der Waals surface area contributed by atoms with E-state index >= 15 is 0 Å². The lowest BCUT2D eigenvalue weighted by Gasteiger charge is -2.32. The lowest BCUT2D eigenvalue weighted by molar-refractivity contribution is 0.402. The molecule has 1 fully saturated rings. The molecule has 1 saturated heterocycles. The van der Waals surface area contributed by atoms with Crippen molar-refractivity contribution in [1.82, 2.24) is 9.97 Å². The fraction of sp³-hybridized carbons (Fsp3) is 0.636. The van der Waals surface area contributed by atoms with Crippen LogP contribution >= 0.6 is 11.6 Å². The zero-order valence-corrected chi connectivity index (χ0v) is 9.53. The Balaban J connectivity index is 1.98. The molecule has 1 unspecified atom stereocenters. The Morgan fingerprint density at radius 3 is 2.93 bits per heavy atom. The molecule has 1 aromatic rings. The molecule has 3 nitrogen and oxygen atoms in total. The van der Waals surface area contributed by atoms with Gasteiger partial charge in [0.25, 0.3) is 0 Å². The molecule has 0 aliphatic carbocycles. The Labute approximate surface area is 95.5 Å². The number of alkyl halides is 1. The highest BCUT2D eigenvalue weighted by molar-refractivity contribution is 6.17. The van der Waals surface area contributed by atoms with Crippen LogP contribution in [0, 0.1) is 5.92 Å². The molecule has 15 heavy (non-hydrogen) atoms. The Hall–Kier alpha value is -0.830. The average Bonchev–Trinajstić information content (AvgIpc) is 2.31. The van der Waals surface area contributed by atoms with Crippen molar-refractivity contribution in [3.05, 3.63) is 18.5 Å². The van der Waals surface area contributed by atoms with E-state index in [1.165, 1.54) is 12.8 Å². The van der Waals surface area contributed by atoms with Gasteiger partial charge < -0.3 is 4.90 Å². The van der Waals surface area contributed by atoms with E-state index in [1.54, 1.807) is 12.4 Å². The van der Waals surface area contributed by atoms with Crippen LogP contribution in [0.3, 0.4) is 0 Å². The largest absolute Gasteiger partial charge is 0.341 e. The van der Waals surface area contributed by atoms with Crippen LogP contribution in [0.25, 0.3) is 0 Å². The number of rotatable bonds is 3. The average molecular weight is 226 g/mol. The van der Waals surface area contributed by atoms with Gasteiger partial charge in [0.1, 0.15) is 0 Å². The molecular formula is C11H16ClN3. The number of anilines is 1. The maximum absolute atomic E-state index is 5.78. The predicted octanol–water partition coefficient (Wildman–Crippen LogP) is 2.32. The summed E-state index contributed by atoms with van der Waals surface area (Å²) in [5.74, 6) is 2.32. The van der Waals surface area contributed by atoms with Gasteiger partial charge >= 0.3 is 0 Å². The number of halogens is 1. The molecule has 1 atom stereocenters. The first kappa shape index (κ1) is 10.7. The van der Waals surface area contributed by atoms with E-state index in [1.807, 2.05) is 6.07 Å². The summed E-state index contributed by atoms with van der Waals surface area (Å²) in [6, 6.07) is 1.85. The molecule has 1 aliphatic heterocycles. The zero-order valence-electron chi connectivity index (χ0n) is 8.77. The van der Waals surface area contributed by atoms with E-state index < -0.39 is 0 Å². The van der Waals surface area contributed by atoms with Crippen LogP contribution in [0.4, 0.5) is 5.95 Å². The number of nitrogens with zero attached hydrogens (tertiary/aromatic N) is 3. The SMILES string of the molecule is ClCCC1CCCN(c2ncccn2)C1. The monoisotopic (exact) mass is 225 g/mol. The van der Waals surface area contributed by atoms with Gasteiger partial charge in [0.05, 0.1) is 0 Å². The van der Waals surface area contributed by atoms with Crippen molar-refractivity contribution in [2.75, 3.05) is 23.9 Å². The van der Waals surface area contributed by atoms with Gasteiger partial charge in [0.2, 0.25) is 5.95 Å². The van der Waals surface area contributed by atoms with Gasteiger partial charge in [-0.15, -0.1) is 11.6 Å². The summed E-state index contributed by atoms with van der Waals surface area (Å²) in [4.78, 5) is 10.8. The van der Waals surface area contributed by atoms with Crippen LogP contribution in [0.15, 0.2) is 18.5 Å². The predicted molar refractivity (Wildman–Crippen MR) is 62.3 cm³/mol. The summed E-state index contributed by atoms with van der Waals surface area (Å²) in [5.41, 5.74) is 0. The van der Waals surface area contributed by atoms with Crippen molar-refractivity contribution >= 4 is 17.5 Å². The normalized spacial score (nSPS) is 21.7. The molecule has 0 amide bonds. The lowest BCUT2D eigenvalue weighted by atomic mass is 9.96. The quantitative estimate of drug-likeness (QED) is 0.740. The Morgan fingerprint density at radius 1 is 1.40 bits per heavy atom. The Bertz CT molecular complexity index is 289. The van der Waals surface area contributed by atoms with Crippen LogP contribution in [0.2, 0.25) is 0 Å². The van der Waals surface area contributed by atoms with E-state index in [2.05, 4.69) is 14.9 Å². The molecule has 2 rings (SSSR count). The fourth-order valence-electron chi connectivity index (χ4n) is 2.09. The number of piperidine rings is 1. The molecular weight excluding hydrogens is 210 g/mol. The number of hydrogen-bond donors (Lipinski definition) is 0. The van der Waals surface area contributed by atoms with Gasteiger partial charge in [-0.25, -0.2) is 9.97 Å². The van der Waals surface area contributed by atoms with Gasteiger partial charge in [-0.2, -0.15) is 0 Å². The standard InChI is InChI=1S/C11H16ClN3/c12-5-4-10-3-1-8-15(9-10)11-13-6-2-7-14-11/h2,6-7,10H,1,3-5,8-9H2. The van der Waals surface area contributed by atoms with E-state index in [0.29, 0.717) is 5.92 Å². The second-order valence-corrected chi connectivity index (χ2v) is 4.36. The van der Waals surface area contributed by atoms with Gasteiger partial charge in [0, 0.05) is 31.4 Å². The molecule has 1 aliphatic rings. The van der Waals surface area contributed by atoms with E-state index in [9.17, 15) is 0 Å². The first-order valence-electron chi connectivity index (χ1n) is 5.48. The smallest absolute Gasteiger partial charge is 0.225 e. The molecule has 4 heteroatoms. The third kappa shape index (κ3) is 2.81. The van der Waals surface area contributed by atoms with Crippen molar-refractivity contribution in [3.8, 4) is 0 Å². The first-order chi connectivity index (χ1) is 7.40. The topological polar surface area (TPSA) is 29.0 Å². The van der Waals surface area contributed by atoms with Crippen molar-refractivity contribution in [3.63, 3.8) is 0 Å². The summed E-state index contributed by atoms with van der Waals surface area (Å²) in [6.07, 6.45) is 7.21. The highest BCUT2D eigenvalue weighted by atomic mass is 35.5. The van der Waals surface area contributed by atoms with Crippen LogP contribution in [0.1, 0.15) is 19.3 Å². The van der Waals surface area contributed by atoms with Gasteiger partial charge in [-0.05, 0) is 31.2 Å². The van der Waals surface area contributed by atoms with Crippen molar-refractivity contribution < 1.29 is 0 Å². The summed E-state index contributed by atoms with van der Waals surface area (Å²) < 4.78 is 0. The van der Waals surface area contributed by atoms with E-state index in [4.69, 9.17) is 11.6 Å². The molecule has 0 saturated carbocycles. The third-order valence-corrected chi connectivity index (χ3v) is 3.09. The second-order valence-electron chi connectivity index (χ2n) is 3.98. The molecule has 2 heterocycles. The minimum absolute atomic E-state index is 0.708. The summed E-state index contributed by atoms with van der Waals surface area (Å²) >= 11 is 5.78. The number of hydrogen-bond acceptors (Lipinski definition) is 3. The first-order valence-corrected chi connectivity index (χ1v) is 6.01. The van der Waals surface area contributed by atoms with Crippen LogP contribution in [-0.4, -0.2) is 28.9 Å². The highest BCUT2D eigenvalue weighted by Crippen LogP contribution is 2.22. The summed E-state index contributed by atoms with van der Waals surface area (Å²) in [5, 5.41) is 0. The Kier molecular flexibility index (Phi) is 3.78. The molecule has 0 bridgehead atoms. The van der Waals surface area contributed by atoms with Crippen LogP contribution in [-0.2, 0) is 0 Å². The molecule has 0 spiro atoms. The van der Waals surface area contributed by atoms with E-state index in [-0.39, 0.29) is 0 Å². The van der Waals surface area contributed by atoms with Crippen molar-refractivity contribution in [2.45, 2.75) is 19.3 Å². The summed E-state index contributed by atoms with van der Waals surface area (Å²) in [6.45, 7) is 2.12. The molecule has 0 radical (unpaired) electrons. The minimum Gasteiger partial charge on any atom is -0.341 e. The number of aromatic nitrogens is 2. The lowest BCUT2D eigenvalue weighted by Crippen LogP contribution is -2.36. The fourth-order valence-corrected chi connectivity index (χ4v) is 2.40. The Morgan fingerprint density at radius 2 is 2.20 bits per heavy atom. The highest BCUT2D eigenvalue weighted by Gasteiger charge is 2.20. The van der Waals surface area contributed by atoms with E-state index in [0.717, 1.165) is 31.3 Å². The van der Waals surface area contributed by atoms with Gasteiger partial charge in [0.15, 0.2) is 0 Å². The summed E-state index contributed by atoms with van der Waals surface area (Å²) in [7, 11) is 0. The van der Waals surface area contributed by atoms with Crippen molar-refractivity contribution in [1.29, 1.82) is 0 Å². The maximum Gasteiger partial charge on any atom is 0.225 e. The molecule has 1 aromatic heterocycles. The van der Waals surface area contributed by atoms with Gasteiger partial charge in [-0.3, -0.25) is 0 Å². The molecule has 0 aromatic carbocycles.